The van der Waals surface area contributed by atoms with E-state index in [-0.39, 0.29) is 24.2 Å². The lowest BCUT2D eigenvalue weighted by molar-refractivity contribution is 0.0806. The molecule has 0 radical (unpaired) electrons. The molecule has 17 heavy (non-hydrogen) atoms. The molecule has 0 aromatic heterocycles. The maximum atomic E-state index is 12.1. The summed E-state index contributed by atoms with van der Waals surface area (Å²) in [6.07, 6.45) is 0. The average Bonchev–Trinajstić information content (AvgIpc) is 2.30. The average molecular weight is 252 g/mol. The van der Waals surface area contributed by atoms with Crippen molar-refractivity contribution in [2.24, 2.45) is 11.8 Å². The Morgan fingerprint density at radius 3 is 2.29 bits per heavy atom. The minimum Gasteiger partial charge on any atom is -0.396 e. The fourth-order valence-electron chi connectivity index (χ4n) is 1.69. The van der Waals surface area contributed by atoms with Gasteiger partial charge in [0, 0.05) is 16.4 Å². The highest BCUT2D eigenvalue weighted by Gasteiger charge is 2.22. The summed E-state index contributed by atoms with van der Waals surface area (Å²) < 4.78 is 0. The zero-order valence-electron chi connectivity index (χ0n) is 10.6. The van der Waals surface area contributed by atoms with Gasteiger partial charge in [0.05, 0.1) is 6.61 Å². The number of aliphatic hydroxyl groups excluding tert-OH is 1. The second-order valence-electron chi connectivity index (χ2n) is 4.35. The predicted molar refractivity (Wildman–Crippen MR) is 72.6 cm³/mol. The molecule has 94 valence electrons. The van der Waals surface area contributed by atoms with Gasteiger partial charge < -0.3 is 5.11 Å². The molecule has 0 aliphatic carbocycles. The lowest BCUT2D eigenvalue weighted by Crippen LogP contribution is -2.24. The lowest BCUT2D eigenvalue weighted by atomic mass is 9.89. The number of aliphatic hydroxyl groups is 1. The third kappa shape index (κ3) is 3.86. The zero-order valence-corrected chi connectivity index (χ0v) is 11.5. The summed E-state index contributed by atoms with van der Waals surface area (Å²) in [6.45, 7) is 5.94. The minimum atomic E-state index is -0.292. The molecule has 0 heterocycles. The van der Waals surface area contributed by atoms with Crippen molar-refractivity contribution in [2.45, 2.75) is 25.7 Å². The highest BCUT2D eigenvalue weighted by molar-refractivity contribution is 7.99. The van der Waals surface area contributed by atoms with Crippen LogP contribution < -0.4 is 0 Å². The van der Waals surface area contributed by atoms with Gasteiger partial charge in [0.1, 0.15) is 0 Å². The molecule has 2 nitrogen and oxygen atoms in total. The van der Waals surface area contributed by atoms with E-state index in [9.17, 15) is 9.90 Å². The highest BCUT2D eigenvalue weighted by atomic mass is 32.2. The maximum absolute atomic E-state index is 12.1. The standard InChI is InChI=1S/C14H20O2S/c1-4-17-12-7-5-11(6-8-12)14(16)13(9-15)10(2)3/h5-8,10,13,15H,4,9H2,1-3H3. The van der Waals surface area contributed by atoms with Crippen molar-refractivity contribution >= 4 is 17.5 Å². The summed E-state index contributed by atoms with van der Waals surface area (Å²) in [5.74, 6) is 0.936. The normalized spacial score (nSPS) is 12.8. The Bertz CT molecular complexity index is 357. The van der Waals surface area contributed by atoms with Crippen molar-refractivity contribution < 1.29 is 9.90 Å². The van der Waals surface area contributed by atoms with Crippen molar-refractivity contribution in [3.8, 4) is 0 Å². The molecule has 1 aromatic carbocycles. The fourth-order valence-corrected chi connectivity index (χ4v) is 2.35. The Morgan fingerprint density at radius 2 is 1.88 bits per heavy atom. The van der Waals surface area contributed by atoms with E-state index >= 15 is 0 Å². The van der Waals surface area contributed by atoms with Crippen LogP contribution in [0.15, 0.2) is 29.2 Å². The van der Waals surface area contributed by atoms with Gasteiger partial charge in [0.2, 0.25) is 0 Å². The van der Waals surface area contributed by atoms with E-state index < -0.39 is 0 Å². The molecule has 1 unspecified atom stereocenters. The largest absolute Gasteiger partial charge is 0.396 e. The molecule has 0 amide bonds. The zero-order chi connectivity index (χ0) is 12.8. The molecular weight excluding hydrogens is 232 g/mol. The molecule has 1 atom stereocenters. The minimum absolute atomic E-state index is 0.0375. The fraction of sp³-hybridized carbons (Fsp3) is 0.500. The Kier molecular flexibility index (Phi) is 5.72. The number of benzene rings is 1. The first-order valence-electron chi connectivity index (χ1n) is 5.98. The second-order valence-corrected chi connectivity index (χ2v) is 5.69. The number of hydrogen-bond acceptors (Lipinski definition) is 3. The molecular formula is C14H20O2S. The van der Waals surface area contributed by atoms with Crippen LogP contribution in [0.1, 0.15) is 31.1 Å². The van der Waals surface area contributed by atoms with E-state index in [1.807, 2.05) is 38.1 Å². The molecule has 0 fully saturated rings. The summed E-state index contributed by atoms with van der Waals surface area (Å²) >= 11 is 1.76. The van der Waals surface area contributed by atoms with Crippen LogP contribution in [-0.2, 0) is 0 Å². The number of carbonyl (C=O) groups excluding carboxylic acids is 1. The van der Waals surface area contributed by atoms with Crippen LogP contribution in [0.4, 0.5) is 0 Å². The molecule has 3 heteroatoms. The Morgan fingerprint density at radius 1 is 1.29 bits per heavy atom. The number of thioether (sulfide) groups is 1. The summed E-state index contributed by atoms with van der Waals surface area (Å²) in [6, 6.07) is 7.64. The van der Waals surface area contributed by atoms with Gasteiger partial charge in [0.25, 0.3) is 0 Å². The Hall–Kier alpha value is -0.800. The van der Waals surface area contributed by atoms with Crippen molar-refractivity contribution in [1.29, 1.82) is 0 Å². The van der Waals surface area contributed by atoms with Gasteiger partial charge in [-0.3, -0.25) is 4.79 Å². The van der Waals surface area contributed by atoms with Gasteiger partial charge in [-0.1, -0.05) is 32.9 Å². The second kappa shape index (κ2) is 6.82. The highest BCUT2D eigenvalue weighted by Crippen LogP contribution is 2.21. The molecule has 1 rings (SSSR count). The van der Waals surface area contributed by atoms with E-state index in [1.165, 1.54) is 4.90 Å². The molecule has 0 aliphatic heterocycles. The van der Waals surface area contributed by atoms with E-state index in [1.54, 1.807) is 11.8 Å². The van der Waals surface area contributed by atoms with Crippen LogP contribution in [0.3, 0.4) is 0 Å². The molecule has 0 aliphatic rings. The monoisotopic (exact) mass is 252 g/mol. The first-order chi connectivity index (χ1) is 8.10. The van der Waals surface area contributed by atoms with E-state index in [2.05, 4.69) is 6.92 Å². The molecule has 0 saturated heterocycles. The van der Waals surface area contributed by atoms with Gasteiger partial charge in [-0.05, 0) is 23.8 Å². The van der Waals surface area contributed by atoms with Gasteiger partial charge >= 0.3 is 0 Å². The number of carbonyl (C=O) groups is 1. The Balaban J connectivity index is 2.81. The molecule has 0 bridgehead atoms. The summed E-state index contributed by atoms with van der Waals surface area (Å²) in [5, 5.41) is 9.24. The van der Waals surface area contributed by atoms with Crippen molar-refractivity contribution in [3.05, 3.63) is 29.8 Å². The summed E-state index contributed by atoms with van der Waals surface area (Å²) in [7, 11) is 0. The van der Waals surface area contributed by atoms with Gasteiger partial charge in [-0.25, -0.2) is 0 Å². The molecule has 0 saturated carbocycles. The maximum Gasteiger partial charge on any atom is 0.168 e. The van der Waals surface area contributed by atoms with Gasteiger partial charge in [-0.2, -0.15) is 0 Å². The first kappa shape index (κ1) is 14.3. The van der Waals surface area contributed by atoms with E-state index in [0.717, 1.165) is 5.75 Å². The van der Waals surface area contributed by atoms with Crippen molar-refractivity contribution in [3.63, 3.8) is 0 Å². The van der Waals surface area contributed by atoms with Crippen LogP contribution in [0.5, 0.6) is 0 Å². The van der Waals surface area contributed by atoms with Crippen LogP contribution in [0.25, 0.3) is 0 Å². The van der Waals surface area contributed by atoms with Crippen LogP contribution in [-0.4, -0.2) is 23.2 Å². The van der Waals surface area contributed by atoms with Crippen LogP contribution in [0, 0.1) is 11.8 Å². The summed E-state index contributed by atoms with van der Waals surface area (Å²) in [4.78, 5) is 13.3. The number of Topliss-reactive ketones (excluding diaryl/α,β-unsaturated/α-hetero) is 1. The molecule has 0 spiro atoms. The van der Waals surface area contributed by atoms with Gasteiger partial charge in [-0.15, -0.1) is 11.8 Å². The topological polar surface area (TPSA) is 37.3 Å². The first-order valence-corrected chi connectivity index (χ1v) is 6.96. The number of hydrogen-bond donors (Lipinski definition) is 1. The lowest BCUT2D eigenvalue weighted by Gasteiger charge is -2.16. The Labute approximate surface area is 107 Å². The van der Waals surface area contributed by atoms with Crippen LogP contribution in [0.2, 0.25) is 0 Å². The van der Waals surface area contributed by atoms with Crippen molar-refractivity contribution in [2.75, 3.05) is 12.4 Å². The third-order valence-corrected chi connectivity index (χ3v) is 3.68. The molecule has 1 aromatic rings. The predicted octanol–water partition coefficient (Wildman–Crippen LogP) is 3.25. The van der Waals surface area contributed by atoms with Crippen LogP contribution >= 0.6 is 11.8 Å². The molecule has 1 N–H and O–H groups in total. The van der Waals surface area contributed by atoms with E-state index in [4.69, 9.17) is 0 Å². The van der Waals surface area contributed by atoms with Crippen molar-refractivity contribution in [1.82, 2.24) is 0 Å². The van der Waals surface area contributed by atoms with Gasteiger partial charge in [0.15, 0.2) is 5.78 Å². The number of rotatable bonds is 6. The third-order valence-electron chi connectivity index (χ3n) is 2.79. The smallest absolute Gasteiger partial charge is 0.168 e. The quantitative estimate of drug-likeness (QED) is 0.624. The number of ketones is 1. The van der Waals surface area contributed by atoms with E-state index in [0.29, 0.717) is 5.56 Å². The SMILES string of the molecule is CCSc1ccc(C(=O)C(CO)C(C)C)cc1. The summed E-state index contributed by atoms with van der Waals surface area (Å²) in [5.41, 5.74) is 0.693.